The van der Waals surface area contributed by atoms with Crippen molar-refractivity contribution >= 4 is 41.7 Å². The maximum Gasteiger partial charge on any atom is 0.230 e. The Morgan fingerprint density at radius 3 is 2.35 bits per heavy atom. The first-order valence-corrected chi connectivity index (χ1v) is 7.79. The summed E-state index contributed by atoms with van der Waals surface area (Å²) in [6.07, 6.45) is 1.71. The van der Waals surface area contributed by atoms with E-state index >= 15 is 0 Å². The molecule has 0 saturated carbocycles. The smallest absolute Gasteiger partial charge is 0.230 e. The van der Waals surface area contributed by atoms with E-state index in [9.17, 15) is 4.79 Å². The third-order valence-electron chi connectivity index (χ3n) is 3.23. The van der Waals surface area contributed by atoms with Gasteiger partial charge >= 0.3 is 0 Å². The lowest BCUT2D eigenvalue weighted by molar-refractivity contribution is -0.118. The third-order valence-corrected chi connectivity index (χ3v) is 4.49. The Hall–Kier alpha value is -0.420. The Balaban J connectivity index is 0.00000361. The lowest BCUT2D eigenvalue weighted by atomic mass is 9.94. The molecule has 6 heteroatoms. The molecule has 0 spiro atoms. The van der Waals surface area contributed by atoms with Crippen LogP contribution in [0.1, 0.15) is 26.7 Å². The van der Waals surface area contributed by atoms with Gasteiger partial charge in [0, 0.05) is 22.0 Å². The fourth-order valence-electron chi connectivity index (χ4n) is 1.51. The molecule has 0 radical (unpaired) electrons. The van der Waals surface area contributed by atoms with Gasteiger partial charge in [0.05, 0.1) is 5.75 Å². The van der Waals surface area contributed by atoms with Crippen molar-refractivity contribution in [3.63, 3.8) is 0 Å². The second kappa shape index (κ2) is 9.50. The molecular weight excluding hydrogens is 315 g/mol. The predicted octanol–water partition coefficient (Wildman–Crippen LogP) is 3.49. The van der Waals surface area contributed by atoms with Crippen LogP contribution in [0.15, 0.2) is 29.2 Å². The van der Waals surface area contributed by atoms with Gasteiger partial charge in [0.15, 0.2) is 0 Å². The molecule has 3 nitrogen and oxygen atoms in total. The summed E-state index contributed by atoms with van der Waals surface area (Å²) in [6, 6.07) is 7.46. The topological polar surface area (TPSA) is 55.1 Å². The van der Waals surface area contributed by atoms with Gasteiger partial charge in [-0.05, 0) is 37.1 Å². The van der Waals surface area contributed by atoms with Crippen molar-refractivity contribution in [3.05, 3.63) is 29.3 Å². The Bertz CT molecular complexity index is 408. The molecule has 0 aliphatic heterocycles. The second-order valence-corrected chi connectivity index (χ2v) is 6.07. The quantitative estimate of drug-likeness (QED) is 0.749. The fourth-order valence-corrected chi connectivity index (χ4v) is 2.36. The minimum absolute atomic E-state index is 0. The third kappa shape index (κ3) is 6.84. The zero-order valence-electron chi connectivity index (χ0n) is 11.8. The van der Waals surface area contributed by atoms with Gasteiger partial charge in [0.25, 0.3) is 0 Å². The van der Waals surface area contributed by atoms with Crippen molar-refractivity contribution < 1.29 is 4.79 Å². The maximum atomic E-state index is 11.7. The standard InChI is InChI=1S/C14H21ClN2OS.ClH/c1-3-14(16,4-2)10-17-13(18)9-19-12-7-5-11(15)6-8-12;/h5-8H,3-4,9-10,16H2,1-2H3,(H,17,18);1H. The summed E-state index contributed by atoms with van der Waals surface area (Å²) in [5.41, 5.74) is 5.84. The zero-order valence-corrected chi connectivity index (χ0v) is 14.2. The van der Waals surface area contributed by atoms with Gasteiger partial charge in [0.2, 0.25) is 5.91 Å². The van der Waals surface area contributed by atoms with Crippen LogP contribution in [0.2, 0.25) is 5.02 Å². The molecule has 0 aliphatic carbocycles. The fraction of sp³-hybridized carbons (Fsp3) is 0.500. The van der Waals surface area contributed by atoms with Crippen molar-refractivity contribution in [3.8, 4) is 0 Å². The normalized spacial score (nSPS) is 10.8. The van der Waals surface area contributed by atoms with E-state index in [0.29, 0.717) is 17.3 Å². The van der Waals surface area contributed by atoms with Crippen molar-refractivity contribution in [2.45, 2.75) is 37.1 Å². The van der Waals surface area contributed by atoms with Crippen molar-refractivity contribution in [1.82, 2.24) is 5.32 Å². The minimum Gasteiger partial charge on any atom is -0.354 e. The number of carbonyl (C=O) groups is 1. The van der Waals surface area contributed by atoms with E-state index in [1.54, 1.807) is 0 Å². The number of benzene rings is 1. The molecule has 0 fully saturated rings. The molecule has 0 saturated heterocycles. The molecule has 114 valence electrons. The first kappa shape index (κ1) is 19.6. The number of thioether (sulfide) groups is 1. The molecule has 20 heavy (non-hydrogen) atoms. The average Bonchev–Trinajstić information content (AvgIpc) is 2.44. The number of rotatable bonds is 7. The highest BCUT2D eigenvalue weighted by molar-refractivity contribution is 8.00. The number of nitrogens with two attached hydrogens (primary N) is 1. The lowest BCUT2D eigenvalue weighted by Crippen LogP contribution is -2.49. The molecule has 0 atom stereocenters. The number of halogens is 2. The lowest BCUT2D eigenvalue weighted by Gasteiger charge is -2.26. The molecule has 1 aromatic rings. The number of carbonyl (C=O) groups excluding carboxylic acids is 1. The largest absolute Gasteiger partial charge is 0.354 e. The summed E-state index contributed by atoms with van der Waals surface area (Å²) in [5.74, 6) is 0.405. The van der Waals surface area contributed by atoms with Gasteiger partial charge in [-0.25, -0.2) is 0 Å². The van der Waals surface area contributed by atoms with Gasteiger partial charge in [-0.15, -0.1) is 24.2 Å². The van der Waals surface area contributed by atoms with Crippen LogP contribution in [0.4, 0.5) is 0 Å². The maximum absolute atomic E-state index is 11.7. The molecule has 1 rings (SSSR count). The summed E-state index contributed by atoms with van der Waals surface area (Å²) in [7, 11) is 0. The Kier molecular flexibility index (Phi) is 9.30. The van der Waals surface area contributed by atoms with Crippen LogP contribution < -0.4 is 11.1 Å². The first-order chi connectivity index (χ1) is 8.99. The highest BCUT2D eigenvalue weighted by Gasteiger charge is 2.20. The molecule has 0 bridgehead atoms. The number of hydrogen-bond acceptors (Lipinski definition) is 3. The SMILES string of the molecule is CCC(N)(CC)CNC(=O)CSc1ccc(Cl)cc1.Cl. The van der Waals surface area contributed by atoms with E-state index in [2.05, 4.69) is 5.32 Å². The summed E-state index contributed by atoms with van der Waals surface area (Å²) in [6.45, 7) is 4.61. The van der Waals surface area contributed by atoms with Crippen LogP contribution in [0, 0.1) is 0 Å². The monoisotopic (exact) mass is 336 g/mol. The molecule has 1 aromatic carbocycles. The van der Waals surface area contributed by atoms with Gasteiger partial charge in [0.1, 0.15) is 0 Å². The molecule has 0 heterocycles. The molecular formula is C14H22Cl2N2OS. The van der Waals surface area contributed by atoms with Crippen LogP contribution in [0.25, 0.3) is 0 Å². The van der Waals surface area contributed by atoms with E-state index in [1.807, 2.05) is 38.1 Å². The van der Waals surface area contributed by atoms with E-state index in [4.69, 9.17) is 17.3 Å². The van der Waals surface area contributed by atoms with Crippen LogP contribution in [-0.2, 0) is 4.79 Å². The first-order valence-electron chi connectivity index (χ1n) is 6.43. The molecule has 0 aliphatic rings. The van der Waals surface area contributed by atoms with E-state index in [-0.39, 0.29) is 23.9 Å². The van der Waals surface area contributed by atoms with E-state index in [0.717, 1.165) is 17.7 Å². The average molecular weight is 337 g/mol. The Labute approximate surface area is 136 Å². The van der Waals surface area contributed by atoms with Crippen LogP contribution in [0.3, 0.4) is 0 Å². The summed E-state index contributed by atoms with van der Waals surface area (Å²) >= 11 is 7.30. The van der Waals surface area contributed by atoms with Gasteiger partial charge < -0.3 is 11.1 Å². The highest BCUT2D eigenvalue weighted by atomic mass is 35.5. The van der Waals surface area contributed by atoms with E-state index in [1.165, 1.54) is 11.8 Å². The van der Waals surface area contributed by atoms with Crippen molar-refractivity contribution in [2.24, 2.45) is 5.73 Å². The Morgan fingerprint density at radius 1 is 1.30 bits per heavy atom. The predicted molar refractivity (Wildman–Crippen MR) is 89.9 cm³/mol. The Morgan fingerprint density at radius 2 is 1.85 bits per heavy atom. The van der Waals surface area contributed by atoms with Crippen LogP contribution in [-0.4, -0.2) is 23.7 Å². The molecule has 1 amide bonds. The number of hydrogen-bond donors (Lipinski definition) is 2. The molecule has 3 N–H and O–H groups in total. The van der Waals surface area contributed by atoms with Crippen LogP contribution >= 0.6 is 35.8 Å². The van der Waals surface area contributed by atoms with Crippen molar-refractivity contribution in [2.75, 3.05) is 12.3 Å². The van der Waals surface area contributed by atoms with Gasteiger partial charge in [-0.3, -0.25) is 4.79 Å². The zero-order chi connectivity index (χ0) is 14.3. The van der Waals surface area contributed by atoms with Gasteiger partial charge in [-0.1, -0.05) is 25.4 Å². The minimum atomic E-state index is -0.291. The molecule has 0 aromatic heterocycles. The second-order valence-electron chi connectivity index (χ2n) is 4.59. The number of nitrogens with one attached hydrogen (secondary N) is 1. The van der Waals surface area contributed by atoms with E-state index < -0.39 is 0 Å². The number of amides is 1. The summed E-state index contributed by atoms with van der Waals surface area (Å²) in [4.78, 5) is 12.8. The summed E-state index contributed by atoms with van der Waals surface area (Å²) in [5, 5.41) is 3.60. The van der Waals surface area contributed by atoms with Crippen LogP contribution in [0.5, 0.6) is 0 Å². The molecule has 0 unspecified atom stereocenters. The van der Waals surface area contributed by atoms with Gasteiger partial charge in [-0.2, -0.15) is 0 Å². The summed E-state index contributed by atoms with van der Waals surface area (Å²) < 4.78 is 0. The van der Waals surface area contributed by atoms with Crippen molar-refractivity contribution in [1.29, 1.82) is 0 Å². The highest BCUT2D eigenvalue weighted by Crippen LogP contribution is 2.20.